The molecule has 76 valence electrons. The van der Waals surface area contributed by atoms with Gasteiger partial charge in [0.2, 0.25) is 0 Å². The molecule has 0 radical (unpaired) electrons. The molecule has 0 aromatic carbocycles. The number of carbonyl (C=O) groups is 1. The first-order valence-electron chi connectivity index (χ1n) is 3.79. The van der Waals surface area contributed by atoms with Gasteiger partial charge in [-0.05, 0) is 11.9 Å². The third kappa shape index (κ3) is 5.79. The number of rotatable bonds is 6. The van der Waals surface area contributed by atoms with Crippen molar-refractivity contribution in [2.45, 2.75) is 6.92 Å². The van der Waals surface area contributed by atoms with Gasteiger partial charge in [-0.15, -0.1) is 0 Å². The van der Waals surface area contributed by atoms with Crippen molar-refractivity contribution in [2.24, 2.45) is 0 Å². The molecule has 0 amide bonds. The van der Waals surface area contributed by atoms with Crippen molar-refractivity contribution in [3.8, 4) is 0 Å². The number of methoxy groups -OCH3 is 1. The molecule has 0 fully saturated rings. The van der Waals surface area contributed by atoms with Gasteiger partial charge in [0.25, 0.3) is 0 Å². The quantitative estimate of drug-likeness (QED) is 0.311. The van der Waals surface area contributed by atoms with E-state index >= 15 is 0 Å². The van der Waals surface area contributed by atoms with Crippen molar-refractivity contribution in [1.82, 2.24) is 0 Å². The topological polar surface area (TPSA) is 44.8 Å². The molecule has 0 N–H and O–H groups in total. The molecule has 0 aromatic heterocycles. The molecule has 0 bridgehead atoms. The average molecular weight is 253 g/mol. The van der Waals surface area contributed by atoms with Gasteiger partial charge in [-0.25, -0.2) is 4.79 Å². The van der Waals surface area contributed by atoms with Gasteiger partial charge in [0.1, 0.15) is 6.79 Å². The summed E-state index contributed by atoms with van der Waals surface area (Å²) in [5.74, 6) is -0.379. The summed E-state index contributed by atoms with van der Waals surface area (Å²) in [7, 11) is 1.52. The van der Waals surface area contributed by atoms with E-state index in [9.17, 15) is 4.79 Å². The Kier molecular flexibility index (Phi) is 7.97. The highest BCUT2D eigenvalue weighted by molar-refractivity contribution is 9.11. The molecule has 13 heavy (non-hydrogen) atoms. The van der Waals surface area contributed by atoms with Crippen LogP contribution in [-0.2, 0) is 19.0 Å². The Bertz CT molecular complexity index is 179. The minimum absolute atomic E-state index is 0.156. The summed E-state index contributed by atoms with van der Waals surface area (Å²) < 4.78 is 14.4. The van der Waals surface area contributed by atoms with E-state index in [1.54, 1.807) is 6.92 Å². The first kappa shape index (κ1) is 12.6. The predicted molar refractivity (Wildman–Crippen MR) is 51.5 cm³/mol. The van der Waals surface area contributed by atoms with Crippen LogP contribution in [-0.4, -0.2) is 33.1 Å². The highest BCUT2D eigenvalue weighted by Gasteiger charge is 2.09. The molecule has 5 heteroatoms. The molecule has 0 aromatic rings. The summed E-state index contributed by atoms with van der Waals surface area (Å²) in [5.41, 5.74) is 0.430. The van der Waals surface area contributed by atoms with E-state index in [0.717, 1.165) is 0 Å². The molecular formula is C8H13BrO4. The fourth-order valence-electron chi connectivity index (χ4n) is 0.594. The summed E-state index contributed by atoms with van der Waals surface area (Å²) in [6, 6.07) is 0. The van der Waals surface area contributed by atoms with E-state index in [2.05, 4.69) is 20.7 Å². The second-order valence-corrected chi connectivity index (χ2v) is 2.57. The molecule has 0 aliphatic carbocycles. The zero-order chi connectivity index (χ0) is 10.1. The van der Waals surface area contributed by atoms with Crippen LogP contribution in [0.5, 0.6) is 0 Å². The van der Waals surface area contributed by atoms with Gasteiger partial charge in [0, 0.05) is 7.11 Å². The standard InChI is InChI=1S/C8H13BrO4/c1-3-13-8(10)7(4-9)5-12-6-11-2/h4H,3,5-6H2,1-2H3/b7-4+. The van der Waals surface area contributed by atoms with Crippen LogP contribution in [0.15, 0.2) is 10.6 Å². The lowest BCUT2D eigenvalue weighted by molar-refractivity contribution is -0.139. The van der Waals surface area contributed by atoms with Crippen LogP contribution in [0.4, 0.5) is 0 Å². The molecule has 0 aliphatic rings. The monoisotopic (exact) mass is 252 g/mol. The van der Waals surface area contributed by atoms with Crippen LogP contribution in [0.25, 0.3) is 0 Å². The Morgan fingerprint density at radius 3 is 2.69 bits per heavy atom. The third-order valence-corrected chi connectivity index (χ3v) is 1.68. The lowest BCUT2D eigenvalue weighted by Crippen LogP contribution is -2.13. The fraction of sp³-hybridized carbons (Fsp3) is 0.625. The largest absolute Gasteiger partial charge is 0.463 e. The molecule has 0 rings (SSSR count). The van der Waals surface area contributed by atoms with E-state index in [1.165, 1.54) is 12.1 Å². The Hall–Kier alpha value is -0.390. The Morgan fingerprint density at radius 2 is 2.23 bits per heavy atom. The average Bonchev–Trinajstić information content (AvgIpc) is 2.13. The maximum absolute atomic E-state index is 11.1. The smallest absolute Gasteiger partial charge is 0.336 e. The Morgan fingerprint density at radius 1 is 1.54 bits per heavy atom. The summed E-state index contributed by atoms with van der Waals surface area (Å²) >= 11 is 3.05. The lowest BCUT2D eigenvalue weighted by Gasteiger charge is -2.05. The minimum Gasteiger partial charge on any atom is -0.463 e. The molecule has 0 aliphatic heterocycles. The van der Waals surface area contributed by atoms with Crippen molar-refractivity contribution in [3.05, 3.63) is 10.6 Å². The van der Waals surface area contributed by atoms with Crippen LogP contribution < -0.4 is 0 Å². The van der Waals surface area contributed by atoms with Crippen LogP contribution in [0.2, 0.25) is 0 Å². The van der Waals surface area contributed by atoms with Gasteiger partial charge in [-0.1, -0.05) is 15.9 Å². The molecule has 0 saturated carbocycles. The summed E-state index contributed by atoms with van der Waals surface area (Å²) in [4.78, 5) is 12.6. The van der Waals surface area contributed by atoms with Crippen LogP contribution in [0, 0.1) is 0 Å². The van der Waals surface area contributed by atoms with Crippen LogP contribution in [0.1, 0.15) is 6.92 Å². The van der Waals surface area contributed by atoms with Gasteiger partial charge >= 0.3 is 5.97 Å². The van der Waals surface area contributed by atoms with Gasteiger partial charge in [-0.3, -0.25) is 0 Å². The van der Waals surface area contributed by atoms with Crippen LogP contribution >= 0.6 is 15.9 Å². The van der Waals surface area contributed by atoms with E-state index in [0.29, 0.717) is 12.2 Å². The molecule has 4 nitrogen and oxygen atoms in total. The Labute approximate surface area is 86.0 Å². The van der Waals surface area contributed by atoms with Crippen molar-refractivity contribution >= 4 is 21.9 Å². The van der Waals surface area contributed by atoms with Crippen LogP contribution in [0.3, 0.4) is 0 Å². The van der Waals surface area contributed by atoms with Crippen molar-refractivity contribution in [1.29, 1.82) is 0 Å². The number of carbonyl (C=O) groups excluding carboxylic acids is 1. The number of hydrogen-bond acceptors (Lipinski definition) is 4. The molecule has 0 heterocycles. The highest BCUT2D eigenvalue weighted by Crippen LogP contribution is 2.02. The van der Waals surface area contributed by atoms with Gasteiger partial charge < -0.3 is 14.2 Å². The van der Waals surface area contributed by atoms with E-state index < -0.39 is 0 Å². The number of halogens is 1. The SMILES string of the molecule is CCOC(=O)/C(=C/Br)COCOC. The Balaban J connectivity index is 3.83. The number of esters is 1. The molecule has 0 spiro atoms. The summed E-state index contributed by atoms with van der Waals surface area (Å²) in [6.45, 7) is 2.44. The summed E-state index contributed by atoms with van der Waals surface area (Å²) in [6.07, 6.45) is 0. The maximum atomic E-state index is 11.1. The number of ether oxygens (including phenoxy) is 3. The van der Waals surface area contributed by atoms with E-state index in [1.807, 2.05) is 0 Å². The van der Waals surface area contributed by atoms with Gasteiger partial charge in [-0.2, -0.15) is 0 Å². The highest BCUT2D eigenvalue weighted by atomic mass is 79.9. The number of hydrogen-bond donors (Lipinski definition) is 0. The molecule has 0 atom stereocenters. The second kappa shape index (κ2) is 8.22. The molecular weight excluding hydrogens is 240 g/mol. The van der Waals surface area contributed by atoms with Crippen molar-refractivity contribution in [2.75, 3.05) is 27.1 Å². The normalized spacial score (nSPS) is 11.5. The van der Waals surface area contributed by atoms with Crippen molar-refractivity contribution < 1.29 is 19.0 Å². The predicted octanol–water partition coefficient (Wildman–Crippen LogP) is 1.45. The first-order chi connectivity index (χ1) is 6.26. The first-order valence-corrected chi connectivity index (χ1v) is 4.70. The van der Waals surface area contributed by atoms with E-state index in [4.69, 9.17) is 9.47 Å². The lowest BCUT2D eigenvalue weighted by atomic mass is 10.3. The van der Waals surface area contributed by atoms with Crippen molar-refractivity contribution in [3.63, 3.8) is 0 Å². The minimum atomic E-state index is -0.379. The zero-order valence-electron chi connectivity index (χ0n) is 7.71. The fourth-order valence-corrected chi connectivity index (χ4v) is 0.913. The second-order valence-electron chi connectivity index (χ2n) is 2.11. The molecule has 0 unspecified atom stereocenters. The van der Waals surface area contributed by atoms with Gasteiger partial charge in [0.15, 0.2) is 0 Å². The summed E-state index contributed by atoms with van der Waals surface area (Å²) in [5, 5.41) is 0. The molecule has 0 saturated heterocycles. The third-order valence-electron chi connectivity index (χ3n) is 1.13. The zero-order valence-corrected chi connectivity index (χ0v) is 9.30. The van der Waals surface area contributed by atoms with E-state index in [-0.39, 0.29) is 19.4 Å². The maximum Gasteiger partial charge on any atom is 0.336 e. The van der Waals surface area contributed by atoms with Gasteiger partial charge in [0.05, 0.1) is 18.8 Å².